The minimum Gasteiger partial charge on any atom is -0.462 e. The van der Waals surface area contributed by atoms with Crippen LogP contribution in [0.5, 0.6) is 0 Å². The van der Waals surface area contributed by atoms with E-state index in [2.05, 4.69) is 45.9 Å². The second kappa shape index (κ2) is 12.8. The molecule has 2 bridgehead atoms. The molecule has 3 fully saturated rings. The van der Waals surface area contributed by atoms with Crippen molar-refractivity contribution in [3.63, 3.8) is 0 Å². The summed E-state index contributed by atoms with van der Waals surface area (Å²) in [5.74, 6) is -2.24. The molecule has 0 amide bonds. The Balaban J connectivity index is 1.53. The molecule has 1 N–H and O–H groups in total. The van der Waals surface area contributed by atoms with Crippen LogP contribution < -0.4 is 0 Å². The first-order valence-corrected chi connectivity index (χ1v) is 16.5. The van der Waals surface area contributed by atoms with E-state index in [1.54, 1.807) is 0 Å². The fraction of sp³-hybridized carbons (Fsp3) is 0.676. The van der Waals surface area contributed by atoms with Crippen LogP contribution in [-0.2, 0) is 28.5 Å². The molecule has 7 nitrogen and oxygen atoms in total. The Bertz CT molecular complexity index is 1290. The average Bonchev–Trinajstić information content (AvgIpc) is 3.27. The molecule has 1 aliphatic carbocycles. The fourth-order valence-electron chi connectivity index (χ4n) is 7.93. The predicted octanol–water partition coefficient (Wildman–Crippen LogP) is 6.57. The minimum atomic E-state index is -1.50. The van der Waals surface area contributed by atoms with Crippen molar-refractivity contribution in [1.29, 1.82) is 0 Å². The van der Waals surface area contributed by atoms with Crippen LogP contribution in [0, 0.1) is 29.6 Å². The summed E-state index contributed by atoms with van der Waals surface area (Å²) in [6, 6.07) is 0. The highest BCUT2D eigenvalue weighted by Crippen LogP contribution is 2.49. The molecule has 4 aliphatic heterocycles. The van der Waals surface area contributed by atoms with Crippen molar-refractivity contribution in [3.8, 4) is 0 Å². The van der Waals surface area contributed by atoms with E-state index in [-0.39, 0.29) is 49.1 Å². The first-order chi connectivity index (χ1) is 20.7. The first-order valence-electron chi connectivity index (χ1n) is 16.5. The molecule has 10 atom stereocenters. The lowest BCUT2D eigenvalue weighted by molar-refractivity contribution is -0.319. The molecule has 1 spiro atoms. The van der Waals surface area contributed by atoms with Gasteiger partial charge in [-0.2, -0.15) is 0 Å². The highest BCUT2D eigenvalue weighted by atomic mass is 16.7. The smallest absolute Gasteiger partial charge is 0.316 e. The monoisotopic (exact) mass is 608 g/mol. The summed E-state index contributed by atoms with van der Waals surface area (Å²) >= 11 is 0. The van der Waals surface area contributed by atoms with Gasteiger partial charge < -0.3 is 24.1 Å². The molecule has 0 saturated carbocycles. The maximum absolute atomic E-state index is 14.1. The number of esters is 1. The average molecular weight is 609 g/mol. The van der Waals surface area contributed by atoms with E-state index in [4.69, 9.17) is 18.9 Å². The molecular formula is C37H52O7. The molecule has 0 aromatic rings. The third kappa shape index (κ3) is 6.48. The number of ketones is 1. The van der Waals surface area contributed by atoms with Crippen LogP contribution in [-0.4, -0.2) is 59.3 Å². The van der Waals surface area contributed by atoms with E-state index in [9.17, 15) is 14.7 Å². The molecule has 5 aliphatic rings. The van der Waals surface area contributed by atoms with Gasteiger partial charge >= 0.3 is 5.97 Å². The largest absolute Gasteiger partial charge is 0.462 e. The van der Waals surface area contributed by atoms with Crippen molar-refractivity contribution < 1.29 is 33.6 Å². The standard InChI is InChI=1S/C37H52O7/c1-21(2)14-25(6)33-27(8)32(38)19-36(44-33)18-30-17-29(43-36)13-12-23(4)15-22(3)10-9-11-28-20-41-34-26(7)24(5)16-31(35(39)42-30)37(28,34)40/h9-12,14,16,21-22,26-27,29-31,33-34,40H,13,15,17-20H2,1-8H3/b10-9+,23-12+,25-14+,28-11+/t22-,26+,27-,29+,30-,31-,33+,34+,36-,37+/m0/s1. The molecular weight excluding hydrogens is 556 g/mol. The Morgan fingerprint density at radius 3 is 2.57 bits per heavy atom. The number of ether oxygens (including phenoxy) is 4. The zero-order chi connectivity index (χ0) is 32.0. The van der Waals surface area contributed by atoms with Crippen LogP contribution >= 0.6 is 0 Å². The van der Waals surface area contributed by atoms with E-state index >= 15 is 0 Å². The molecule has 7 heteroatoms. The zero-order valence-electron chi connectivity index (χ0n) is 27.8. The second-order valence-electron chi connectivity index (χ2n) is 14.6. The minimum absolute atomic E-state index is 0.0466. The van der Waals surface area contributed by atoms with Gasteiger partial charge in [-0.1, -0.05) is 82.2 Å². The van der Waals surface area contributed by atoms with Gasteiger partial charge in [0.25, 0.3) is 0 Å². The summed E-state index contributed by atoms with van der Waals surface area (Å²) in [6.45, 7) is 16.7. The molecule has 5 rings (SSSR count). The third-order valence-electron chi connectivity index (χ3n) is 10.3. The van der Waals surface area contributed by atoms with Gasteiger partial charge in [0.2, 0.25) is 0 Å². The van der Waals surface area contributed by atoms with E-state index in [1.165, 1.54) is 5.57 Å². The number of allylic oxidation sites excluding steroid dienone is 5. The first kappa shape index (κ1) is 33.1. The lowest BCUT2D eigenvalue weighted by Crippen LogP contribution is -2.58. The van der Waals surface area contributed by atoms with Crippen molar-refractivity contribution >= 4 is 11.8 Å². The van der Waals surface area contributed by atoms with E-state index in [1.807, 2.05) is 45.9 Å². The number of hydrogen-bond donors (Lipinski definition) is 1. The molecule has 0 aromatic heterocycles. The van der Waals surface area contributed by atoms with Crippen molar-refractivity contribution in [2.24, 2.45) is 29.6 Å². The summed E-state index contributed by atoms with van der Waals surface area (Å²) < 4.78 is 25.9. The Hall–Kier alpha value is -2.32. The van der Waals surface area contributed by atoms with Crippen LogP contribution in [0.2, 0.25) is 0 Å². The van der Waals surface area contributed by atoms with Gasteiger partial charge in [-0.05, 0) is 56.6 Å². The molecule has 0 aromatic carbocycles. The molecule has 0 unspecified atom stereocenters. The van der Waals surface area contributed by atoms with E-state index < -0.39 is 41.6 Å². The third-order valence-corrected chi connectivity index (χ3v) is 10.3. The Labute approximate surface area is 263 Å². The summed E-state index contributed by atoms with van der Waals surface area (Å²) in [4.78, 5) is 27.6. The number of fused-ring (bicyclic) bond motifs is 2. The molecule has 0 radical (unpaired) electrons. The van der Waals surface area contributed by atoms with Crippen molar-refractivity contribution in [2.75, 3.05) is 6.61 Å². The van der Waals surface area contributed by atoms with Gasteiger partial charge in [-0.25, -0.2) is 0 Å². The highest BCUT2D eigenvalue weighted by Gasteiger charge is 2.59. The summed E-state index contributed by atoms with van der Waals surface area (Å²) in [5.41, 5.74) is 2.43. The van der Waals surface area contributed by atoms with Crippen LogP contribution in [0.25, 0.3) is 0 Å². The number of rotatable bonds is 2. The number of carbonyl (C=O) groups excluding carboxylic acids is 2. The van der Waals surface area contributed by atoms with Gasteiger partial charge in [0.15, 0.2) is 5.79 Å². The topological polar surface area (TPSA) is 91.3 Å². The second-order valence-corrected chi connectivity index (χ2v) is 14.6. The van der Waals surface area contributed by atoms with Crippen LogP contribution in [0.15, 0.2) is 58.7 Å². The molecule has 44 heavy (non-hydrogen) atoms. The Morgan fingerprint density at radius 1 is 1.09 bits per heavy atom. The van der Waals surface area contributed by atoms with Gasteiger partial charge in [0.1, 0.15) is 23.4 Å². The number of Topliss-reactive ketones (excluding diaryl/α,β-unsaturated/α-hetero) is 1. The molecule has 242 valence electrons. The summed E-state index contributed by atoms with van der Waals surface area (Å²) in [6.07, 6.45) is 12.8. The maximum atomic E-state index is 14.1. The van der Waals surface area contributed by atoms with Gasteiger partial charge in [0.05, 0.1) is 31.3 Å². The van der Waals surface area contributed by atoms with Crippen molar-refractivity contribution in [2.45, 2.75) is 123 Å². The predicted molar refractivity (Wildman–Crippen MR) is 169 cm³/mol. The summed E-state index contributed by atoms with van der Waals surface area (Å²) in [5, 5.41) is 12.3. The van der Waals surface area contributed by atoms with Crippen LogP contribution in [0.4, 0.5) is 0 Å². The molecule has 3 saturated heterocycles. The highest BCUT2D eigenvalue weighted by molar-refractivity contribution is 5.83. The lowest BCUT2D eigenvalue weighted by atomic mass is 9.68. The maximum Gasteiger partial charge on any atom is 0.316 e. The van der Waals surface area contributed by atoms with Crippen LogP contribution in [0.3, 0.4) is 0 Å². The van der Waals surface area contributed by atoms with E-state index in [0.717, 1.165) is 17.6 Å². The fourth-order valence-corrected chi connectivity index (χ4v) is 7.93. The van der Waals surface area contributed by atoms with Crippen LogP contribution in [0.1, 0.15) is 87.5 Å². The van der Waals surface area contributed by atoms with Gasteiger partial charge in [-0.3, -0.25) is 9.59 Å². The Kier molecular flexibility index (Phi) is 9.63. The van der Waals surface area contributed by atoms with Gasteiger partial charge in [-0.15, -0.1) is 0 Å². The number of hydrogen-bond acceptors (Lipinski definition) is 7. The van der Waals surface area contributed by atoms with Gasteiger partial charge in [0, 0.05) is 24.7 Å². The summed E-state index contributed by atoms with van der Waals surface area (Å²) in [7, 11) is 0. The molecule has 4 heterocycles. The SMILES string of the molecule is CC1=C[C@H]2C(=O)O[C@H]3C[C@@H](C/C=C(\C)C[C@@H](C)/C=C/C=C4\CO[C@H]([C@@H]1C)[C@@]42O)O[C@@]1(CC(=O)[C@H](C)[C@@H](/C(C)=C/C(C)C)O1)C3. The Morgan fingerprint density at radius 2 is 1.84 bits per heavy atom. The van der Waals surface area contributed by atoms with Crippen molar-refractivity contribution in [1.82, 2.24) is 0 Å². The normalized spacial score (nSPS) is 45.1. The number of carbonyl (C=O) groups is 2. The zero-order valence-corrected chi connectivity index (χ0v) is 27.8. The van der Waals surface area contributed by atoms with E-state index in [0.29, 0.717) is 24.3 Å². The lowest BCUT2D eigenvalue weighted by Gasteiger charge is -2.49. The quantitative estimate of drug-likeness (QED) is 0.280. The van der Waals surface area contributed by atoms with Crippen molar-refractivity contribution in [3.05, 3.63) is 58.7 Å². The number of aliphatic hydroxyl groups is 1.